The minimum Gasteiger partial charge on any atom is -0.481 e. The van der Waals surface area contributed by atoms with E-state index in [1.807, 2.05) is 24.3 Å². The van der Waals surface area contributed by atoms with Crippen LogP contribution in [0.5, 0.6) is 0 Å². The first kappa shape index (κ1) is 21.5. The van der Waals surface area contributed by atoms with E-state index in [9.17, 15) is 19.5 Å². The van der Waals surface area contributed by atoms with E-state index in [-0.39, 0.29) is 36.3 Å². The molecule has 0 saturated heterocycles. The Labute approximate surface area is 192 Å². The Balaban J connectivity index is 1.13. The summed E-state index contributed by atoms with van der Waals surface area (Å²) < 4.78 is 5.52. The van der Waals surface area contributed by atoms with Crippen molar-refractivity contribution in [3.05, 3.63) is 59.7 Å². The fraction of sp³-hybridized carbons (Fsp3) is 0.423. The lowest BCUT2D eigenvalue weighted by Crippen LogP contribution is -2.55. The van der Waals surface area contributed by atoms with Crippen molar-refractivity contribution in [2.75, 3.05) is 6.61 Å². The number of ether oxygens (including phenoxy) is 1. The molecule has 2 aromatic rings. The number of carboxylic acid groups (broad SMARTS) is 1. The third kappa shape index (κ3) is 3.96. The van der Waals surface area contributed by atoms with E-state index in [1.165, 1.54) is 0 Å². The summed E-state index contributed by atoms with van der Waals surface area (Å²) >= 11 is 0. The largest absolute Gasteiger partial charge is 0.481 e. The normalized spacial score (nSPS) is 25.7. The molecule has 0 aromatic heterocycles. The minimum absolute atomic E-state index is 0.0152. The molecule has 2 fully saturated rings. The number of hydrogen-bond acceptors (Lipinski definition) is 4. The molecule has 0 heterocycles. The Morgan fingerprint density at radius 3 is 2.27 bits per heavy atom. The molecule has 0 aliphatic heterocycles. The topological polar surface area (TPSA) is 105 Å². The van der Waals surface area contributed by atoms with E-state index in [4.69, 9.17) is 4.74 Å². The fourth-order valence-corrected chi connectivity index (χ4v) is 5.78. The molecule has 2 saturated carbocycles. The highest BCUT2D eigenvalue weighted by molar-refractivity contribution is 5.85. The van der Waals surface area contributed by atoms with Gasteiger partial charge in [0.15, 0.2) is 0 Å². The van der Waals surface area contributed by atoms with Crippen LogP contribution in [-0.2, 0) is 14.3 Å². The minimum atomic E-state index is -0.750. The van der Waals surface area contributed by atoms with Gasteiger partial charge in [0, 0.05) is 12.0 Å². The summed E-state index contributed by atoms with van der Waals surface area (Å²) in [6.45, 7) is 1.82. The zero-order valence-electron chi connectivity index (χ0n) is 18.5. The second-order valence-corrected chi connectivity index (χ2v) is 9.47. The number of hydrogen-bond donors (Lipinski definition) is 3. The Kier molecular flexibility index (Phi) is 5.56. The number of carboxylic acids is 1. The number of aliphatic carboxylic acids is 1. The fourth-order valence-electron chi connectivity index (χ4n) is 5.78. The number of carbonyl (C=O) groups is 3. The summed E-state index contributed by atoms with van der Waals surface area (Å²) in [5.74, 6) is -0.772. The molecule has 2 amide bonds. The van der Waals surface area contributed by atoms with Crippen LogP contribution in [0.4, 0.5) is 4.79 Å². The number of alkyl carbamates (subject to hydrolysis) is 1. The third-order valence-electron chi connectivity index (χ3n) is 7.57. The summed E-state index contributed by atoms with van der Waals surface area (Å²) in [5, 5.41) is 14.8. The highest BCUT2D eigenvalue weighted by atomic mass is 16.5. The molecule has 0 radical (unpaired) electrons. The average Bonchev–Trinajstić information content (AvgIpc) is 3.31. The van der Waals surface area contributed by atoms with Gasteiger partial charge in [0.05, 0.1) is 5.92 Å². The lowest BCUT2D eigenvalue weighted by molar-refractivity contribution is -0.141. The maximum Gasteiger partial charge on any atom is 0.407 e. The third-order valence-corrected chi connectivity index (χ3v) is 7.57. The number of nitrogens with one attached hydrogen (secondary N) is 2. The van der Waals surface area contributed by atoms with Crippen LogP contribution in [0.25, 0.3) is 11.1 Å². The van der Waals surface area contributed by atoms with Gasteiger partial charge in [0.2, 0.25) is 5.91 Å². The van der Waals surface area contributed by atoms with Crippen LogP contribution >= 0.6 is 0 Å². The summed E-state index contributed by atoms with van der Waals surface area (Å²) in [5.41, 5.74) is 4.58. The highest BCUT2D eigenvalue weighted by Crippen LogP contribution is 2.49. The van der Waals surface area contributed by atoms with Crippen molar-refractivity contribution in [1.82, 2.24) is 10.6 Å². The summed E-state index contributed by atoms with van der Waals surface area (Å²) in [6, 6.07) is 15.5. The number of benzene rings is 2. The molecule has 0 bridgehead atoms. The number of fused-ring (bicyclic) bond motifs is 4. The predicted octanol–water partition coefficient (Wildman–Crippen LogP) is 3.53. The lowest BCUT2D eigenvalue weighted by Gasteiger charge is -2.41. The van der Waals surface area contributed by atoms with E-state index in [0.29, 0.717) is 18.8 Å². The number of carbonyl (C=O) groups excluding carboxylic acids is 2. The van der Waals surface area contributed by atoms with Gasteiger partial charge in [-0.15, -0.1) is 0 Å². The zero-order chi connectivity index (χ0) is 23.1. The van der Waals surface area contributed by atoms with E-state index in [0.717, 1.165) is 28.7 Å². The molecule has 7 nitrogen and oxygen atoms in total. The van der Waals surface area contributed by atoms with Crippen molar-refractivity contribution in [2.24, 2.45) is 17.8 Å². The molecule has 3 N–H and O–H groups in total. The molecule has 5 atom stereocenters. The van der Waals surface area contributed by atoms with Crippen molar-refractivity contribution >= 4 is 18.0 Å². The van der Waals surface area contributed by atoms with Crippen molar-refractivity contribution in [3.63, 3.8) is 0 Å². The van der Waals surface area contributed by atoms with Gasteiger partial charge < -0.3 is 20.5 Å². The average molecular weight is 449 g/mol. The quantitative estimate of drug-likeness (QED) is 0.627. The van der Waals surface area contributed by atoms with Crippen molar-refractivity contribution in [3.8, 4) is 11.1 Å². The van der Waals surface area contributed by atoms with Gasteiger partial charge in [-0.25, -0.2) is 4.79 Å². The van der Waals surface area contributed by atoms with Gasteiger partial charge in [-0.3, -0.25) is 9.59 Å². The first-order chi connectivity index (χ1) is 15.9. The Morgan fingerprint density at radius 2 is 1.64 bits per heavy atom. The summed E-state index contributed by atoms with van der Waals surface area (Å²) in [4.78, 5) is 36.2. The molecule has 5 rings (SSSR count). The Morgan fingerprint density at radius 1 is 1.00 bits per heavy atom. The van der Waals surface area contributed by atoms with Crippen molar-refractivity contribution in [1.29, 1.82) is 0 Å². The molecule has 5 unspecified atom stereocenters. The molecule has 172 valence electrons. The maximum absolute atomic E-state index is 12.6. The zero-order valence-corrected chi connectivity index (χ0v) is 18.5. The number of rotatable bonds is 6. The van der Waals surface area contributed by atoms with Crippen LogP contribution in [0.3, 0.4) is 0 Å². The van der Waals surface area contributed by atoms with E-state index in [1.54, 1.807) is 6.92 Å². The van der Waals surface area contributed by atoms with Gasteiger partial charge >= 0.3 is 12.1 Å². The standard InChI is InChI=1S/C26H28N2O5/c1-14(24(29)28-23-12-15-10-16(25(30)31)11-21(15)23)27-26(32)33-13-22-19-8-4-2-6-17(19)18-7-3-5-9-20(18)22/h2-9,14-16,21-23H,10-13H2,1H3,(H,27,32)(H,28,29)(H,30,31). The van der Waals surface area contributed by atoms with E-state index in [2.05, 4.69) is 34.9 Å². The summed E-state index contributed by atoms with van der Waals surface area (Å²) in [7, 11) is 0. The van der Waals surface area contributed by atoms with Crippen LogP contribution < -0.4 is 10.6 Å². The molecule has 0 spiro atoms. The van der Waals surface area contributed by atoms with Gasteiger partial charge in [-0.05, 0) is 60.3 Å². The van der Waals surface area contributed by atoms with E-state index < -0.39 is 18.1 Å². The molecule has 33 heavy (non-hydrogen) atoms. The molecule has 3 aliphatic carbocycles. The van der Waals surface area contributed by atoms with Crippen LogP contribution in [0.15, 0.2) is 48.5 Å². The first-order valence-electron chi connectivity index (χ1n) is 11.6. The molecule has 2 aromatic carbocycles. The molecule has 7 heteroatoms. The lowest BCUT2D eigenvalue weighted by atomic mass is 9.71. The van der Waals surface area contributed by atoms with Gasteiger partial charge in [0.25, 0.3) is 0 Å². The maximum atomic E-state index is 12.6. The summed E-state index contributed by atoms with van der Waals surface area (Å²) in [6.07, 6.45) is 1.48. The number of amides is 2. The van der Waals surface area contributed by atoms with Crippen LogP contribution in [0.1, 0.15) is 43.2 Å². The second-order valence-electron chi connectivity index (χ2n) is 9.47. The SMILES string of the molecule is CC(NC(=O)OCC1c2ccccc2-c2ccccc21)C(=O)NC1CC2CC(C(=O)O)CC21. The van der Waals surface area contributed by atoms with Gasteiger partial charge in [-0.2, -0.15) is 0 Å². The van der Waals surface area contributed by atoms with Crippen molar-refractivity contribution < 1.29 is 24.2 Å². The highest BCUT2D eigenvalue weighted by Gasteiger charge is 2.50. The smallest absolute Gasteiger partial charge is 0.407 e. The van der Waals surface area contributed by atoms with Crippen LogP contribution in [0.2, 0.25) is 0 Å². The van der Waals surface area contributed by atoms with Crippen molar-refractivity contribution in [2.45, 2.75) is 44.2 Å². The molecule has 3 aliphatic rings. The van der Waals surface area contributed by atoms with E-state index >= 15 is 0 Å². The van der Waals surface area contributed by atoms with Gasteiger partial charge in [-0.1, -0.05) is 48.5 Å². The molecular weight excluding hydrogens is 420 g/mol. The predicted molar refractivity (Wildman–Crippen MR) is 122 cm³/mol. The second kappa shape index (κ2) is 8.54. The van der Waals surface area contributed by atoms with Crippen LogP contribution in [0, 0.1) is 17.8 Å². The first-order valence-corrected chi connectivity index (χ1v) is 11.6. The van der Waals surface area contributed by atoms with Gasteiger partial charge in [0.1, 0.15) is 12.6 Å². The molecular formula is C26H28N2O5. The van der Waals surface area contributed by atoms with Crippen LogP contribution in [-0.4, -0.2) is 41.8 Å². The monoisotopic (exact) mass is 448 g/mol. The Bertz CT molecular complexity index is 1050. The Hall–Kier alpha value is -3.35.